The Bertz CT molecular complexity index is 495. The number of halogens is 1. The largest absolute Gasteiger partial charge is 0.394 e. The van der Waals surface area contributed by atoms with Crippen LogP contribution in [0.2, 0.25) is 5.02 Å². The molecule has 15 heavy (non-hydrogen) atoms. The normalized spacial score (nSPS) is 13.3. The smallest absolute Gasteiger partial charge is 0.128 e. The van der Waals surface area contributed by atoms with Gasteiger partial charge in [-0.15, -0.1) is 0 Å². The molecule has 0 aliphatic heterocycles. The molecule has 0 fully saturated rings. The first-order valence-electron chi connectivity index (χ1n) is 4.62. The highest BCUT2D eigenvalue weighted by Crippen LogP contribution is 2.21. The third kappa shape index (κ3) is 1.71. The minimum atomic E-state index is -0.457. The third-order valence-electron chi connectivity index (χ3n) is 2.41. The van der Waals surface area contributed by atoms with Crippen LogP contribution in [-0.2, 0) is 7.05 Å². The summed E-state index contributed by atoms with van der Waals surface area (Å²) in [4.78, 5) is 4.34. The number of hydrogen-bond acceptors (Lipinski definition) is 3. The van der Waals surface area contributed by atoms with Crippen LogP contribution in [0, 0.1) is 0 Å². The average molecular weight is 226 g/mol. The summed E-state index contributed by atoms with van der Waals surface area (Å²) in [5.41, 5.74) is 7.48. The van der Waals surface area contributed by atoms with Gasteiger partial charge in [0.25, 0.3) is 0 Å². The highest BCUT2D eigenvalue weighted by molar-refractivity contribution is 6.31. The predicted octanol–water partition coefficient (Wildman–Crippen LogP) is 1.22. The van der Waals surface area contributed by atoms with Crippen LogP contribution in [0.1, 0.15) is 11.9 Å². The summed E-state index contributed by atoms with van der Waals surface area (Å²) in [6.45, 7) is -0.120. The number of fused-ring (bicyclic) bond motifs is 1. The highest BCUT2D eigenvalue weighted by atomic mass is 35.5. The van der Waals surface area contributed by atoms with E-state index in [1.165, 1.54) is 0 Å². The van der Waals surface area contributed by atoms with Crippen LogP contribution in [0.3, 0.4) is 0 Å². The molecule has 1 aromatic carbocycles. The molecule has 0 amide bonds. The van der Waals surface area contributed by atoms with E-state index in [0.717, 1.165) is 11.0 Å². The van der Waals surface area contributed by atoms with Gasteiger partial charge >= 0.3 is 0 Å². The van der Waals surface area contributed by atoms with Gasteiger partial charge in [-0.05, 0) is 18.2 Å². The van der Waals surface area contributed by atoms with Crippen molar-refractivity contribution in [3.8, 4) is 0 Å². The standard InChI is InChI=1S/C10H12ClN3O/c1-14-9-3-2-6(11)4-8(9)13-10(14)7(12)5-15/h2-4,7,15H,5,12H2,1H3. The SMILES string of the molecule is Cn1c(C(N)CO)nc2cc(Cl)ccc21. The number of aliphatic hydroxyl groups is 1. The van der Waals surface area contributed by atoms with E-state index in [4.69, 9.17) is 22.4 Å². The quantitative estimate of drug-likeness (QED) is 0.808. The molecule has 1 aromatic heterocycles. The van der Waals surface area contributed by atoms with Gasteiger partial charge in [-0.3, -0.25) is 0 Å². The molecular weight excluding hydrogens is 214 g/mol. The molecule has 80 valence electrons. The van der Waals surface area contributed by atoms with Crippen molar-refractivity contribution in [1.29, 1.82) is 0 Å². The van der Waals surface area contributed by atoms with Crippen LogP contribution in [0.15, 0.2) is 18.2 Å². The minimum Gasteiger partial charge on any atom is -0.394 e. The number of hydrogen-bond donors (Lipinski definition) is 2. The Kier molecular flexibility index (Phi) is 2.65. The van der Waals surface area contributed by atoms with Crippen molar-refractivity contribution in [3.63, 3.8) is 0 Å². The number of nitrogens with zero attached hydrogens (tertiary/aromatic N) is 2. The first-order valence-corrected chi connectivity index (χ1v) is 4.99. The van der Waals surface area contributed by atoms with E-state index in [2.05, 4.69) is 4.98 Å². The molecule has 0 saturated carbocycles. The Morgan fingerprint density at radius 1 is 1.60 bits per heavy atom. The fourth-order valence-electron chi connectivity index (χ4n) is 1.60. The van der Waals surface area contributed by atoms with Gasteiger partial charge in [0.05, 0.1) is 23.7 Å². The van der Waals surface area contributed by atoms with E-state index in [-0.39, 0.29) is 6.61 Å². The van der Waals surface area contributed by atoms with Gasteiger partial charge in [0, 0.05) is 12.1 Å². The van der Waals surface area contributed by atoms with Crippen molar-refractivity contribution >= 4 is 22.6 Å². The Labute approximate surface area is 92.3 Å². The zero-order valence-corrected chi connectivity index (χ0v) is 9.07. The maximum Gasteiger partial charge on any atom is 0.128 e. The molecule has 2 aromatic rings. The Morgan fingerprint density at radius 2 is 2.33 bits per heavy atom. The maximum absolute atomic E-state index is 8.99. The number of benzene rings is 1. The summed E-state index contributed by atoms with van der Waals surface area (Å²) >= 11 is 5.86. The molecule has 0 bridgehead atoms. The molecule has 5 heteroatoms. The minimum absolute atomic E-state index is 0.120. The summed E-state index contributed by atoms with van der Waals surface area (Å²) in [6.07, 6.45) is 0. The first-order chi connectivity index (χ1) is 7.13. The molecule has 0 aliphatic rings. The molecule has 4 nitrogen and oxygen atoms in total. The number of aromatic nitrogens is 2. The van der Waals surface area contributed by atoms with Crippen LogP contribution in [-0.4, -0.2) is 21.3 Å². The Balaban J connectivity index is 2.63. The van der Waals surface area contributed by atoms with E-state index in [9.17, 15) is 0 Å². The van der Waals surface area contributed by atoms with Crippen molar-refractivity contribution in [1.82, 2.24) is 9.55 Å². The van der Waals surface area contributed by atoms with E-state index >= 15 is 0 Å². The lowest BCUT2D eigenvalue weighted by Gasteiger charge is -2.07. The van der Waals surface area contributed by atoms with Crippen LogP contribution < -0.4 is 5.73 Å². The summed E-state index contributed by atoms with van der Waals surface area (Å²) in [7, 11) is 1.87. The third-order valence-corrected chi connectivity index (χ3v) is 2.64. The average Bonchev–Trinajstić information content (AvgIpc) is 2.54. The molecule has 1 heterocycles. The molecule has 3 N–H and O–H groups in total. The number of rotatable bonds is 2. The zero-order chi connectivity index (χ0) is 11.0. The summed E-state index contributed by atoms with van der Waals surface area (Å²) in [5.74, 6) is 0.662. The second kappa shape index (κ2) is 3.81. The lowest BCUT2D eigenvalue weighted by molar-refractivity contribution is 0.262. The van der Waals surface area contributed by atoms with Gasteiger partial charge < -0.3 is 15.4 Å². The second-order valence-electron chi connectivity index (χ2n) is 3.45. The summed E-state index contributed by atoms with van der Waals surface area (Å²) in [5, 5.41) is 9.63. The maximum atomic E-state index is 8.99. The molecule has 0 saturated heterocycles. The summed E-state index contributed by atoms with van der Waals surface area (Å²) in [6, 6.07) is 5.02. The van der Waals surface area contributed by atoms with Gasteiger partial charge in [-0.1, -0.05) is 11.6 Å². The van der Waals surface area contributed by atoms with Crippen molar-refractivity contribution in [2.75, 3.05) is 6.61 Å². The Hall–Kier alpha value is -1.10. The molecule has 1 unspecified atom stereocenters. The first kappa shape index (κ1) is 10.4. The second-order valence-corrected chi connectivity index (χ2v) is 3.89. The van der Waals surface area contributed by atoms with Crippen LogP contribution in [0.25, 0.3) is 11.0 Å². The van der Waals surface area contributed by atoms with E-state index in [1.54, 1.807) is 12.1 Å². The van der Waals surface area contributed by atoms with E-state index < -0.39 is 6.04 Å². The van der Waals surface area contributed by atoms with Crippen LogP contribution in [0.4, 0.5) is 0 Å². The highest BCUT2D eigenvalue weighted by Gasteiger charge is 2.13. The van der Waals surface area contributed by atoms with Crippen molar-refractivity contribution < 1.29 is 5.11 Å². The molecule has 0 aliphatic carbocycles. The molecule has 0 spiro atoms. The predicted molar refractivity (Wildman–Crippen MR) is 59.7 cm³/mol. The lowest BCUT2D eigenvalue weighted by Crippen LogP contribution is -2.18. The molecule has 2 rings (SSSR count). The fourth-order valence-corrected chi connectivity index (χ4v) is 1.77. The van der Waals surface area contributed by atoms with Gasteiger partial charge in [-0.2, -0.15) is 0 Å². The lowest BCUT2D eigenvalue weighted by atomic mass is 10.3. The molecular formula is C10H12ClN3O. The van der Waals surface area contributed by atoms with Gasteiger partial charge in [-0.25, -0.2) is 4.98 Å². The number of nitrogens with two attached hydrogens (primary N) is 1. The van der Waals surface area contributed by atoms with Gasteiger partial charge in [0.2, 0.25) is 0 Å². The van der Waals surface area contributed by atoms with Gasteiger partial charge in [0.15, 0.2) is 0 Å². The topological polar surface area (TPSA) is 64.1 Å². The zero-order valence-electron chi connectivity index (χ0n) is 8.31. The van der Waals surface area contributed by atoms with Crippen molar-refractivity contribution in [2.45, 2.75) is 6.04 Å². The van der Waals surface area contributed by atoms with Gasteiger partial charge in [0.1, 0.15) is 5.82 Å². The monoisotopic (exact) mass is 225 g/mol. The fraction of sp³-hybridized carbons (Fsp3) is 0.300. The summed E-state index contributed by atoms with van der Waals surface area (Å²) < 4.78 is 1.87. The number of aliphatic hydroxyl groups excluding tert-OH is 1. The van der Waals surface area contributed by atoms with Crippen LogP contribution in [0.5, 0.6) is 0 Å². The Morgan fingerprint density at radius 3 is 3.00 bits per heavy atom. The van der Waals surface area contributed by atoms with E-state index in [1.807, 2.05) is 17.7 Å². The number of imidazole rings is 1. The van der Waals surface area contributed by atoms with E-state index in [0.29, 0.717) is 10.8 Å². The number of aryl methyl sites for hydroxylation is 1. The van der Waals surface area contributed by atoms with Crippen molar-refractivity contribution in [2.24, 2.45) is 12.8 Å². The van der Waals surface area contributed by atoms with Crippen molar-refractivity contribution in [3.05, 3.63) is 29.0 Å². The molecule has 1 atom stereocenters. The molecule has 0 radical (unpaired) electrons. The van der Waals surface area contributed by atoms with Crippen LogP contribution >= 0.6 is 11.6 Å².